The summed E-state index contributed by atoms with van der Waals surface area (Å²) < 4.78 is 94.9. The van der Waals surface area contributed by atoms with E-state index in [2.05, 4.69) is 9.47 Å². The number of carbonyl (C=O) groups is 1. The van der Waals surface area contributed by atoms with Gasteiger partial charge in [0, 0.05) is 5.56 Å². The Bertz CT molecular complexity index is 699. The van der Waals surface area contributed by atoms with Crippen LogP contribution < -0.4 is 4.74 Å². The molecule has 0 saturated carbocycles. The van der Waals surface area contributed by atoms with Gasteiger partial charge in [-0.3, -0.25) is 4.79 Å². The zero-order valence-corrected chi connectivity index (χ0v) is 14.4. The van der Waals surface area contributed by atoms with E-state index >= 15 is 0 Å². The molecular formula is C16H15F6NO4. The van der Waals surface area contributed by atoms with Gasteiger partial charge in [0.25, 0.3) is 11.9 Å². The molecule has 0 bridgehead atoms. The molecule has 0 fully saturated rings. The molecule has 0 aliphatic heterocycles. The van der Waals surface area contributed by atoms with Gasteiger partial charge in [-0.05, 0) is 44.0 Å². The highest BCUT2D eigenvalue weighted by Gasteiger charge is 2.73. The van der Waals surface area contributed by atoms with E-state index in [0.29, 0.717) is 12.1 Å². The molecular weight excluding hydrogens is 384 g/mol. The van der Waals surface area contributed by atoms with Crippen LogP contribution in [0.15, 0.2) is 12.1 Å². The van der Waals surface area contributed by atoms with Crippen molar-refractivity contribution in [3.8, 4) is 12.0 Å². The summed E-state index contributed by atoms with van der Waals surface area (Å²) in [6, 6.07) is 1.21. The number of nitrogens with zero attached hydrogens (tertiary/aromatic N) is 1. The largest absolute Gasteiger partial charge is 0.456 e. The Balaban J connectivity index is 3.59. The molecule has 5 nitrogen and oxygen atoms in total. The van der Waals surface area contributed by atoms with Crippen LogP contribution >= 0.6 is 0 Å². The molecule has 11 heteroatoms. The summed E-state index contributed by atoms with van der Waals surface area (Å²) in [5.74, 6) is -1.05. The normalized spacial score (nSPS) is 12.4. The Hall–Kier alpha value is -2.48. The second-order valence-corrected chi connectivity index (χ2v) is 5.60. The number of halogens is 6. The minimum atomic E-state index is -5.90. The standard InChI is InChI=1S/C16H15F6NO4/c1-9-4-12(5-10(2)13(9)26-8-25-7-23)14(15(17,18)19,16(20,21)22)27-6-11(3)24/h4-5H,6,8H2,1-3H3. The molecule has 0 spiro atoms. The lowest BCUT2D eigenvalue weighted by Gasteiger charge is -2.37. The van der Waals surface area contributed by atoms with Gasteiger partial charge in [-0.25, -0.2) is 0 Å². The van der Waals surface area contributed by atoms with Gasteiger partial charge in [0.2, 0.25) is 6.79 Å². The lowest BCUT2D eigenvalue weighted by Crippen LogP contribution is -2.56. The first-order chi connectivity index (χ1) is 12.3. The number of rotatable bonds is 7. The van der Waals surface area contributed by atoms with Crippen molar-refractivity contribution in [2.45, 2.75) is 38.7 Å². The maximum Gasteiger partial charge on any atom is 0.430 e. The molecule has 1 aromatic rings. The molecule has 27 heavy (non-hydrogen) atoms. The average Bonchev–Trinajstić information content (AvgIpc) is 2.47. The molecule has 0 atom stereocenters. The molecule has 0 aliphatic carbocycles. The third-order valence-corrected chi connectivity index (χ3v) is 3.48. The summed E-state index contributed by atoms with van der Waals surface area (Å²) in [6.45, 7) is 1.30. The zero-order valence-electron chi connectivity index (χ0n) is 14.4. The van der Waals surface area contributed by atoms with Gasteiger partial charge < -0.3 is 14.2 Å². The smallest absolute Gasteiger partial charge is 0.430 e. The maximum absolute atomic E-state index is 13.6. The molecule has 0 aliphatic rings. The highest BCUT2D eigenvalue weighted by molar-refractivity contribution is 5.76. The van der Waals surface area contributed by atoms with Crippen LogP contribution in [-0.2, 0) is 19.9 Å². The number of aryl methyl sites for hydroxylation is 2. The monoisotopic (exact) mass is 399 g/mol. The van der Waals surface area contributed by atoms with Gasteiger partial charge in [-0.1, -0.05) is 0 Å². The Morgan fingerprint density at radius 1 is 1.07 bits per heavy atom. The van der Waals surface area contributed by atoms with Gasteiger partial charge in [0.05, 0.1) is 0 Å². The van der Waals surface area contributed by atoms with Crippen LogP contribution in [0.1, 0.15) is 23.6 Å². The van der Waals surface area contributed by atoms with E-state index in [4.69, 9.17) is 10.00 Å². The van der Waals surface area contributed by atoms with Crippen molar-refractivity contribution in [2.75, 3.05) is 13.4 Å². The van der Waals surface area contributed by atoms with Gasteiger partial charge in [-0.2, -0.15) is 31.6 Å². The number of ether oxygens (including phenoxy) is 3. The fraction of sp³-hybridized carbons (Fsp3) is 0.500. The summed E-state index contributed by atoms with van der Waals surface area (Å²) in [6.07, 6.45) is -10.5. The number of hydrogen-bond acceptors (Lipinski definition) is 5. The van der Waals surface area contributed by atoms with Crippen LogP contribution in [0.5, 0.6) is 5.75 Å². The second kappa shape index (κ2) is 8.04. The van der Waals surface area contributed by atoms with E-state index in [1.165, 1.54) is 20.1 Å². The summed E-state index contributed by atoms with van der Waals surface area (Å²) in [5.41, 5.74) is -6.08. The quantitative estimate of drug-likeness (QED) is 0.299. The van der Waals surface area contributed by atoms with Crippen molar-refractivity contribution < 1.29 is 45.3 Å². The molecule has 150 valence electrons. The molecule has 1 rings (SSSR count). The van der Waals surface area contributed by atoms with Crippen molar-refractivity contribution in [3.05, 3.63) is 28.8 Å². The van der Waals surface area contributed by atoms with Crippen molar-refractivity contribution in [1.29, 1.82) is 5.26 Å². The van der Waals surface area contributed by atoms with Crippen molar-refractivity contribution in [1.82, 2.24) is 0 Å². The molecule has 0 heterocycles. The zero-order chi connectivity index (χ0) is 21.0. The lowest BCUT2D eigenvalue weighted by molar-refractivity contribution is -0.387. The summed E-state index contributed by atoms with van der Waals surface area (Å²) in [5, 5.41) is 8.27. The predicted octanol–water partition coefficient (Wildman–Crippen LogP) is 4.06. The van der Waals surface area contributed by atoms with E-state index in [-0.39, 0.29) is 16.9 Å². The number of Topliss-reactive ketones (excluding diaryl/α,β-unsaturated/α-hetero) is 1. The maximum atomic E-state index is 13.6. The van der Waals surface area contributed by atoms with Crippen LogP contribution in [-0.4, -0.2) is 31.5 Å². The molecule has 0 unspecified atom stereocenters. The van der Waals surface area contributed by atoms with Gasteiger partial charge in [0.1, 0.15) is 12.4 Å². The minimum Gasteiger partial charge on any atom is -0.456 e. The number of nitriles is 1. The van der Waals surface area contributed by atoms with Crippen molar-refractivity contribution >= 4 is 5.78 Å². The molecule has 1 aromatic carbocycles. The molecule has 0 N–H and O–H groups in total. The van der Waals surface area contributed by atoms with Crippen molar-refractivity contribution in [3.63, 3.8) is 0 Å². The number of ketones is 1. The van der Waals surface area contributed by atoms with Crippen LogP contribution in [0.4, 0.5) is 26.3 Å². The highest BCUT2D eigenvalue weighted by Crippen LogP contribution is 2.53. The Labute approximate surface area is 150 Å². The second-order valence-electron chi connectivity index (χ2n) is 5.60. The Morgan fingerprint density at radius 2 is 1.56 bits per heavy atom. The lowest BCUT2D eigenvalue weighted by atomic mass is 9.89. The van der Waals surface area contributed by atoms with Gasteiger partial charge in [-0.15, -0.1) is 0 Å². The van der Waals surface area contributed by atoms with E-state index < -0.39 is 42.7 Å². The van der Waals surface area contributed by atoms with E-state index in [1.54, 1.807) is 0 Å². The Morgan fingerprint density at radius 3 is 1.93 bits per heavy atom. The summed E-state index contributed by atoms with van der Waals surface area (Å²) >= 11 is 0. The molecule has 0 aromatic heterocycles. The average molecular weight is 399 g/mol. The minimum absolute atomic E-state index is 0.0428. The summed E-state index contributed by atoms with van der Waals surface area (Å²) in [4.78, 5) is 11.0. The van der Waals surface area contributed by atoms with Crippen LogP contribution in [0.2, 0.25) is 0 Å². The van der Waals surface area contributed by atoms with E-state index in [0.717, 1.165) is 6.92 Å². The SMILES string of the molecule is CC(=O)COC(c1cc(C)c(OCOC#N)c(C)c1)(C(F)(F)F)C(F)(F)F. The van der Waals surface area contributed by atoms with E-state index in [1.807, 2.05) is 0 Å². The number of alkyl halides is 6. The fourth-order valence-corrected chi connectivity index (χ4v) is 2.44. The predicted molar refractivity (Wildman–Crippen MR) is 78.5 cm³/mol. The first kappa shape index (κ1) is 22.6. The number of hydrogen-bond donors (Lipinski definition) is 0. The summed E-state index contributed by atoms with van der Waals surface area (Å²) in [7, 11) is 0. The molecule has 0 radical (unpaired) electrons. The third-order valence-electron chi connectivity index (χ3n) is 3.48. The van der Waals surface area contributed by atoms with Crippen LogP contribution in [0, 0.1) is 25.4 Å². The third kappa shape index (κ3) is 4.63. The van der Waals surface area contributed by atoms with Gasteiger partial charge >= 0.3 is 12.4 Å². The first-order valence-corrected chi connectivity index (χ1v) is 7.30. The molecule has 0 saturated heterocycles. The molecule has 0 amide bonds. The Kier molecular flexibility index (Phi) is 6.72. The first-order valence-electron chi connectivity index (χ1n) is 7.30. The number of benzene rings is 1. The van der Waals surface area contributed by atoms with Crippen LogP contribution in [0.25, 0.3) is 0 Å². The van der Waals surface area contributed by atoms with Crippen molar-refractivity contribution in [2.24, 2.45) is 0 Å². The van der Waals surface area contributed by atoms with E-state index in [9.17, 15) is 31.1 Å². The van der Waals surface area contributed by atoms with Crippen LogP contribution in [0.3, 0.4) is 0 Å². The number of carbonyl (C=O) groups excluding carboxylic acids is 1. The highest BCUT2D eigenvalue weighted by atomic mass is 19.4. The van der Waals surface area contributed by atoms with Gasteiger partial charge in [0.15, 0.2) is 5.78 Å². The topological polar surface area (TPSA) is 68.6 Å². The fourth-order valence-electron chi connectivity index (χ4n) is 2.44.